The van der Waals surface area contributed by atoms with E-state index in [2.05, 4.69) is 5.32 Å². The zero-order chi connectivity index (χ0) is 28.6. The van der Waals surface area contributed by atoms with Gasteiger partial charge in [-0.25, -0.2) is 0 Å². The number of thioether (sulfide) groups is 1. The van der Waals surface area contributed by atoms with Gasteiger partial charge in [0.05, 0.1) is 18.0 Å². The second-order valence-electron chi connectivity index (χ2n) is 10.5. The Morgan fingerprint density at radius 1 is 1.05 bits per heavy atom. The molecule has 5 atom stereocenters. The molecule has 2 heterocycles. The molecule has 0 aromatic heterocycles. The van der Waals surface area contributed by atoms with Crippen LogP contribution in [-0.4, -0.2) is 66.7 Å². The van der Waals surface area contributed by atoms with Crippen LogP contribution in [0.5, 0.6) is 5.75 Å². The van der Waals surface area contributed by atoms with Crippen molar-refractivity contribution < 1.29 is 24.6 Å². The second kappa shape index (κ2) is 11.0. The lowest BCUT2D eigenvalue weighted by atomic mass is 9.89. The first-order valence-corrected chi connectivity index (χ1v) is 14.3. The van der Waals surface area contributed by atoms with Gasteiger partial charge in [0.25, 0.3) is 11.8 Å². The van der Waals surface area contributed by atoms with Gasteiger partial charge in [-0.1, -0.05) is 66.7 Å². The number of nitrogens with zero attached hydrogens (tertiary/aromatic N) is 2. The third-order valence-corrected chi connectivity index (χ3v) is 9.43. The quantitative estimate of drug-likeness (QED) is 0.364. The van der Waals surface area contributed by atoms with Crippen molar-refractivity contribution in [3.05, 3.63) is 101 Å². The Labute approximate surface area is 238 Å². The number of phenolic OH excluding ortho intramolecular Hbond substituents is 1. The molecule has 0 radical (unpaired) electrons. The summed E-state index contributed by atoms with van der Waals surface area (Å²) >= 11 is 1.50. The lowest BCUT2D eigenvalue weighted by Gasteiger charge is -2.55. The van der Waals surface area contributed by atoms with Gasteiger partial charge in [0, 0.05) is 11.1 Å². The fraction of sp³-hybridized carbons (Fsp3) is 0.323. The van der Waals surface area contributed by atoms with Gasteiger partial charge in [-0.05, 0) is 50.5 Å². The summed E-state index contributed by atoms with van der Waals surface area (Å²) in [6, 6.07) is 21.8. The summed E-state index contributed by atoms with van der Waals surface area (Å²) in [4.78, 5) is 43.0. The molecule has 0 saturated carbocycles. The van der Waals surface area contributed by atoms with Gasteiger partial charge in [0.1, 0.15) is 16.7 Å². The number of carbonyl (C=O) groups is 3. The normalized spacial score (nSPS) is 22.2. The van der Waals surface area contributed by atoms with Crippen molar-refractivity contribution in [2.45, 2.75) is 56.3 Å². The lowest BCUT2D eigenvalue weighted by molar-refractivity contribution is -0.171. The summed E-state index contributed by atoms with van der Waals surface area (Å²) in [5.41, 5.74) is 2.49. The Morgan fingerprint density at radius 3 is 2.38 bits per heavy atom. The minimum Gasteiger partial charge on any atom is -0.508 e. The van der Waals surface area contributed by atoms with E-state index in [0.717, 1.165) is 11.1 Å². The first-order valence-electron chi connectivity index (χ1n) is 13.3. The van der Waals surface area contributed by atoms with Crippen molar-refractivity contribution in [3.63, 3.8) is 0 Å². The average molecular weight is 560 g/mol. The monoisotopic (exact) mass is 559 g/mol. The molecule has 2 aliphatic rings. The highest BCUT2D eigenvalue weighted by molar-refractivity contribution is 8.01. The maximum atomic E-state index is 13.7. The highest BCUT2D eigenvalue weighted by Gasteiger charge is 2.66. The van der Waals surface area contributed by atoms with E-state index in [1.807, 2.05) is 79.4 Å². The Morgan fingerprint density at radius 2 is 1.70 bits per heavy atom. The van der Waals surface area contributed by atoms with E-state index >= 15 is 0 Å². The molecule has 2 aliphatic heterocycles. The molecular formula is C31H33N3O5S. The van der Waals surface area contributed by atoms with Crippen molar-refractivity contribution in [1.82, 2.24) is 15.1 Å². The molecule has 9 heteroatoms. The number of carbonyl (C=O) groups excluding carboxylic acids is 3. The molecule has 3 aromatic rings. The standard InChI is InChI=1S/C31H33N3O5S/c1-19-23(15-10-16-25(19)35)28(37)32-24(17-21-11-6-4-7-12-21)26(36)29(38)33-18-40-31(3)27(33)30(39)34(31)20(2)22-13-8-5-9-14-22/h4-16,20,24,26-27,35-36H,17-18H2,1-3H3,(H,32,37)/t20-,24+,26+,27-,31?/m1/s1. The first-order chi connectivity index (χ1) is 19.1. The molecular weight excluding hydrogens is 526 g/mol. The minimum absolute atomic E-state index is 0.0185. The van der Waals surface area contributed by atoms with E-state index in [4.69, 9.17) is 0 Å². The largest absolute Gasteiger partial charge is 0.508 e. The van der Waals surface area contributed by atoms with Crippen molar-refractivity contribution in [2.75, 3.05) is 5.88 Å². The number of β-lactam (4-membered cyclic amide) rings is 1. The number of rotatable bonds is 8. The van der Waals surface area contributed by atoms with E-state index < -0.39 is 34.9 Å². The summed E-state index contributed by atoms with van der Waals surface area (Å²) in [5.74, 6) is -1.04. The van der Waals surface area contributed by atoms with E-state index in [1.54, 1.807) is 19.1 Å². The first kappa shape index (κ1) is 27.7. The van der Waals surface area contributed by atoms with Gasteiger partial charge < -0.3 is 25.3 Å². The number of hydrogen-bond acceptors (Lipinski definition) is 6. The highest BCUT2D eigenvalue weighted by atomic mass is 32.2. The molecule has 8 nitrogen and oxygen atoms in total. The van der Waals surface area contributed by atoms with Crippen molar-refractivity contribution in [2.24, 2.45) is 0 Å². The number of hydrogen-bond donors (Lipinski definition) is 3. The van der Waals surface area contributed by atoms with E-state index in [0.29, 0.717) is 5.56 Å². The van der Waals surface area contributed by atoms with E-state index in [-0.39, 0.29) is 35.6 Å². The minimum atomic E-state index is -1.59. The van der Waals surface area contributed by atoms with Crippen LogP contribution in [-0.2, 0) is 16.0 Å². The van der Waals surface area contributed by atoms with Crippen LogP contribution in [0.15, 0.2) is 78.9 Å². The third-order valence-electron chi connectivity index (χ3n) is 8.02. The van der Waals surface area contributed by atoms with Crippen LogP contribution in [0.1, 0.15) is 46.9 Å². The summed E-state index contributed by atoms with van der Waals surface area (Å²) < 4.78 is 0. The van der Waals surface area contributed by atoms with Crippen LogP contribution in [0.2, 0.25) is 0 Å². The molecule has 2 saturated heterocycles. The topological polar surface area (TPSA) is 110 Å². The highest BCUT2D eigenvalue weighted by Crippen LogP contribution is 2.53. The molecule has 208 valence electrons. The number of phenols is 1. The van der Waals surface area contributed by atoms with Crippen LogP contribution >= 0.6 is 11.8 Å². The maximum Gasteiger partial charge on any atom is 0.255 e. The number of amides is 3. The van der Waals surface area contributed by atoms with Crippen LogP contribution in [0.3, 0.4) is 0 Å². The number of nitrogens with one attached hydrogen (secondary N) is 1. The SMILES string of the molecule is Cc1c(O)cccc1C(=O)N[C@@H](Cc1ccccc1)[C@H](O)C(=O)N1CSC2(C)[C@H]1C(=O)N2[C@H](C)c1ccccc1. The summed E-state index contributed by atoms with van der Waals surface area (Å²) in [5, 5.41) is 24.3. The fourth-order valence-corrected chi connectivity index (χ4v) is 7.15. The summed E-state index contributed by atoms with van der Waals surface area (Å²) in [6.45, 7) is 5.56. The number of fused-ring (bicyclic) bond motifs is 1. The zero-order valence-corrected chi connectivity index (χ0v) is 23.5. The number of aromatic hydroxyl groups is 1. The molecule has 5 rings (SSSR count). The van der Waals surface area contributed by atoms with Gasteiger partial charge >= 0.3 is 0 Å². The number of likely N-dealkylation sites (tertiary alicyclic amines) is 1. The smallest absolute Gasteiger partial charge is 0.255 e. The molecule has 0 bridgehead atoms. The van der Waals surface area contributed by atoms with Crippen LogP contribution in [0.25, 0.3) is 0 Å². The van der Waals surface area contributed by atoms with Crippen LogP contribution < -0.4 is 5.32 Å². The Kier molecular flexibility index (Phi) is 7.61. The lowest BCUT2D eigenvalue weighted by Crippen LogP contribution is -2.74. The molecule has 3 N–H and O–H groups in total. The molecule has 0 spiro atoms. The Bertz CT molecular complexity index is 1420. The van der Waals surface area contributed by atoms with Gasteiger partial charge in [-0.2, -0.15) is 0 Å². The average Bonchev–Trinajstić information content (AvgIpc) is 3.26. The summed E-state index contributed by atoms with van der Waals surface area (Å²) in [7, 11) is 0. The van der Waals surface area contributed by atoms with Crippen molar-refractivity contribution in [1.29, 1.82) is 0 Å². The Balaban J connectivity index is 1.36. The predicted molar refractivity (Wildman–Crippen MR) is 153 cm³/mol. The van der Waals surface area contributed by atoms with E-state index in [9.17, 15) is 24.6 Å². The van der Waals surface area contributed by atoms with Gasteiger partial charge in [-0.3, -0.25) is 14.4 Å². The van der Waals surface area contributed by atoms with Crippen LogP contribution in [0, 0.1) is 6.92 Å². The molecule has 0 aliphatic carbocycles. The number of aliphatic hydroxyl groups excluding tert-OH is 1. The predicted octanol–water partition coefficient (Wildman–Crippen LogP) is 3.62. The van der Waals surface area contributed by atoms with Crippen LogP contribution in [0.4, 0.5) is 0 Å². The van der Waals surface area contributed by atoms with E-state index in [1.165, 1.54) is 22.7 Å². The molecule has 3 aromatic carbocycles. The third kappa shape index (κ3) is 4.84. The molecule has 2 fully saturated rings. The Hall–Kier alpha value is -3.82. The van der Waals surface area contributed by atoms with Crippen molar-refractivity contribution >= 4 is 29.5 Å². The molecule has 3 amide bonds. The zero-order valence-electron chi connectivity index (χ0n) is 22.7. The summed E-state index contributed by atoms with van der Waals surface area (Å²) in [6.07, 6.45) is -1.39. The van der Waals surface area contributed by atoms with Gasteiger partial charge in [0.2, 0.25) is 5.91 Å². The number of aliphatic hydroxyl groups is 1. The van der Waals surface area contributed by atoms with Gasteiger partial charge in [0.15, 0.2) is 6.10 Å². The number of benzene rings is 3. The second-order valence-corrected chi connectivity index (χ2v) is 11.9. The molecule has 1 unspecified atom stereocenters. The maximum absolute atomic E-state index is 13.7. The van der Waals surface area contributed by atoms with Gasteiger partial charge in [-0.15, -0.1) is 11.8 Å². The molecule has 40 heavy (non-hydrogen) atoms. The fourth-order valence-electron chi connectivity index (χ4n) is 5.71. The van der Waals surface area contributed by atoms with Crippen molar-refractivity contribution in [3.8, 4) is 5.75 Å².